The average molecular weight is 535 g/mol. The molecular formula is C27H27ClN6O2S. The number of aryl methyl sites for hydroxylation is 1. The highest BCUT2D eigenvalue weighted by molar-refractivity contribution is 7.99. The van der Waals surface area contributed by atoms with E-state index in [4.69, 9.17) is 21.3 Å². The van der Waals surface area contributed by atoms with Gasteiger partial charge in [-0.3, -0.25) is 9.69 Å². The molecule has 2 aromatic carbocycles. The molecule has 1 aliphatic rings. The maximum absolute atomic E-state index is 13.1. The SMILES string of the molecule is CCCCCSc1nnc2c(n1)OC(c1c(C)nn(-c3ccccc3)c1Cl)N(C(C)=O)c1ccccc1-2. The van der Waals surface area contributed by atoms with Crippen molar-refractivity contribution in [1.82, 2.24) is 25.0 Å². The Morgan fingerprint density at radius 3 is 2.59 bits per heavy atom. The number of halogens is 1. The molecule has 4 aromatic rings. The van der Waals surface area contributed by atoms with E-state index < -0.39 is 6.23 Å². The van der Waals surface area contributed by atoms with Crippen LogP contribution in [0.2, 0.25) is 5.15 Å². The first-order valence-corrected chi connectivity index (χ1v) is 13.6. The van der Waals surface area contributed by atoms with Crippen LogP contribution in [0, 0.1) is 6.92 Å². The highest BCUT2D eigenvalue weighted by atomic mass is 35.5. The predicted molar refractivity (Wildman–Crippen MR) is 145 cm³/mol. The summed E-state index contributed by atoms with van der Waals surface area (Å²) in [6, 6.07) is 17.1. The summed E-state index contributed by atoms with van der Waals surface area (Å²) >= 11 is 8.48. The zero-order chi connectivity index (χ0) is 25.9. The number of hydrogen-bond donors (Lipinski definition) is 0. The topological polar surface area (TPSA) is 86.0 Å². The molecule has 8 nitrogen and oxygen atoms in total. The number of fused-ring (bicyclic) bond motifs is 3. The van der Waals surface area contributed by atoms with Gasteiger partial charge < -0.3 is 4.74 Å². The van der Waals surface area contributed by atoms with E-state index in [9.17, 15) is 4.79 Å². The lowest BCUT2D eigenvalue weighted by atomic mass is 10.1. The van der Waals surface area contributed by atoms with Crippen LogP contribution in [0.5, 0.6) is 5.88 Å². The number of anilines is 1. The zero-order valence-electron chi connectivity index (χ0n) is 20.9. The quantitative estimate of drug-likeness (QED) is 0.200. The lowest BCUT2D eigenvalue weighted by molar-refractivity contribution is -0.118. The Morgan fingerprint density at radius 2 is 1.84 bits per heavy atom. The summed E-state index contributed by atoms with van der Waals surface area (Å²) in [4.78, 5) is 19.4. The molecule has 1 atom stereocenters. The lowest BCUT2D eigenvalue weighted by Crippen LogP contribution is -2.36. The second-order valence-electron chi connectivity index (χ2n) is 8.72. The van der Waals surface area contributed by atoms with Gasteiger partial charge in [0.1, 0.15) is 5.15 Å². The van der Waals surface area contributed by atoms with Crippen molar-refractivity contribution >= 4 is 35.0 Å². The lowest BCUT2D eigenvalue weighted by Gasteiger charge is -2.29. The number of ether oxygens (including phenoxy) is 1. The molecule has 10 heteroatoms. The molecule has 37 heavy (non-hydrogen) atoms. The van der Waals surface area contributed by atoms with Crippen molar-refractivity contribution in [2.24, 2.45) is 0 Å². The minimum Gasteiger partial charge on any atom is -0.447 e. The first kappa shape index (κ1) is 25.2. The normalized spacial score (nSPS) is 14.5. The number of hydrogen-bond acceptors (Lipinski definition) is 7. The van der Waals surface area contributed by atoms with Gasteiger partial charge in [-0.1, -0.05) is 79.5 Å². The third-order valence-electron chi connectivity index (χ3n) is 6.13. The second-order valence-corrected chi connectivity index (χ2v) is 10.1. The molecule has 0 N–H and O–H groups in total. The summed E-state index contributed by atoms with van der Waals surface area (Å²) < 4.78 is 8.17. The van der Waals surface area contributed by atoms with Gasteiger partial charge in [-0.2, -0.15) is 10.1 Å². The first-order valence-electron chi connectivity index (χ1n) is 12.2. The molecule has 0 radical (unpaired) electrons. The van der Waals surface area contributed by atoms with E-state index >= 15 is 0 Å². The standard InChI is InChI=1S/C27H27ClN6O2S/c1-4-5-11-16-37-27-29-25-23(30-31-27)20-14-9-10-15-21(20)33(18(3)35)26(36-25)22-17(2)32-34(24(22)28)19-12-7-6-8-13-19/h6-10,12-15,26H,4-5,11,16H2,1-3H3. The van der Waals surface area contributed by atoms with Crippen LogP contribution in [0.1, 0.15) is 50.6 Å². The van der Waals surface area contributed by atoms with Crippen LogP contribution in [0.15, 0.2) is 59.8 Å². The van der Waals surface area contributed by atoms with E-state index in [-0.39, 0.29) is 5.91 Å². The van der Waals surface area contributed by atoms with E-state index in [1.165, 1.54) is 6.92 Å². The average Bonchev–Trinajstić information content (AvgIpc) is 3.12. The van der Waals surface area contributed by atoms with Crippen LogP contribution in [0.25, 0.3) is 16.9 Å². The molecular weight excluding hydrogens is 508 g/mol. The minimum absolute atomic E-state index is 0.213. The molecule has 0 saturated heterocycles. The van der Waals surface area contributed by atoms with Crippen molar-refractivity contribution in [3.8, 4) is 22.8 Å². The van der Waals surface area contributed by atoms with Crippen molar-refractivity contribution in [1.29, 1.82) is 0 Å². The van der Waals surface area contributed by atoms with Gasteiger partial charge in [0, 0.05) is 18.2 Å². The fourth-order valence-electron chi connectivity index (χ4n) is 4.35. The molecule has 190 valence electrons. The molecule has 0 bridgehead atoms. The Hall–Kier alpha value is -3.43. The summed E-state index contributed by atoms with van der Waals surface area (Å²) in [6.45, 7) is 5.53. The van der Waals surface area contributed by atoms with E-state index in [0.717, 1.165) is 30.7 Å². The Bertz CT molecular complexity index is 1430. The largest absolute Gasteiger partial charge is 0.447 e. The van der Waals surface area contributed by atoms with Crippen molar-refractivity contribution in [2.45, 2.75) is 51.4 Å². The van der Waals surface area contributed by atoms with Gasteiger partial charge in [-0.15, -0.1) is 10.2 Å². The number of benzene rings is 2. The van der Waals surface area contributed by atoms with Crippen LogP contribution in [0.4, 0.5) is 5.69 Å². The van der Waals surface area contributed by atoms with Gasteiger partial charge in [0.15, 0.2) is 5.69 Å². The van der Waals surface area contributed by atoms with Crippen molar-refractivity contribution < 1.29 is 9.53 Å². The molecule has 1 aliphatic heterocycles. The smallest absolute Gasteiger partial charge is 0.247 e. The summed E-state index contributed by atoms with van der Waals surface area (Å²) in [5.41, 5.74) is 3.86. The molecule has 0 fully saturated rings. The summed E-state index contributed by atoms with van der Waals surface area (Å²) in [6.07, 6.45) is 2.45. The highest BCUT2D eigenvalue weighted by Gasteiger charge is 2.38. The molecule has 5 rings (SSSR count). The maximum Gasteiger partial charge on any atom is 0.247 e. The van der Waals surface area contributed by atoms with E-state index in [2.05, 4.69) is 22.2 Å². The van der Waals surface area contributed by atoms with Crippen LogP contribution in [-0.2, 0) is 4.79 Å². The number of unbranched alkanes of at least 4 members (excludes halogenated alkanes) is 2. The zero-order valence-corrected chi connectivity index (χ0v) is 22.5. The van der Waals surface area contributed by atoms with Gasteiger partial charge in [-0.05, 0) is 31.5 Å². The summed E-state index contributed by atoms with van der Waals surface area (Å²) in [7, 11) is 0. The minimum atomic E-state index is -0.903. The van der Waals surface area contributed by atoms with Crippen molar-refractivity contribution in [2.75, 3.05) is 10.7 Å². The fourth-order valence-corrected chi connectivity index (χ4v) is 5.49. The number of nitrogens with zero attached hydrogens (tertiary/aromatic N) is 6. The molecule has 0 aliphatic carbocycles. The van der Waals surface area contributed by atoms with Gasteiger partial charge in [0.25, 0.3) is 0 Å². The number of para-hydroxylation sites is 2. The van der Waals surface area contributed by atoms with Gasteiger partial charge >= 0.3 is 0 Å². The van der Waals surface area contributed by atoms with E-state index in [1.807, 2.05) is 61.5 Å². The Morgan fingerprint density at radius 1 is 1.08 bits per heavy atom. The van der Waals surface area contributed by atoms with Crippen LogP contribution >= 0.6 is 23.4 Å². The highest BCUT2D eigenvalue weighted by Crippen LogP contribution is 2.45. The van der Waals surface area contributed by atoms with Gasteiger partial charge in [0.2, 0.25) is 23.2 Å². The third-order valence-corrected chi connectivity index (χ3v) is 7.41. The van der Waals surface area contributed by atoms with E-state index in [1.54, 1.807) is 21.3 Å². The molecule has 0 saturated carbocycles. The Kier molecular flexibility index (Phi) is 7.43. The van der Waals surface area contributed by atoms with E-state index in [0.29, 0.717) is 44.4 Å². The molecule has 2 aromatic heterocycles. The molecule has 1 amide bonds. The second kappa shape index (κ2) is 10.9. The van der Waals surface area contributed by atoms with Gasteiger partial charge in [-0.25, -0.2) is 4.68 Å². The Labute approximate surface area is 225 Å². The number of carbonyl (C=O) groups is 1. The monoisotopic (exact) mass is 534 g/mol. The number of amides is 1. The molecule has 1 unspecified atom stereocenters. The van der Waals surface area contributed by atoms with Crippen molar-refractivity contribution in [3.05, 3.63) is 71.0 Å². The maximum atomic E-state index is 13.1. The predicted octanol–water partition coefficient (Wildman–Crippen LogP) is 6.41. The van der Waals surface area contributed by atoms with Crippen LogP contribution in [-0.4, -0.2) is 36.6 Å². The van der Waals surface area contributed by atoms with Gasteiger partial charge in [0.05, 0.1) is 22.6 Å². The summed E-state index contributed by atoms with van der Waals surface area (Å²) in [5, 5.41) is 14.4. The van der Waals surface area contributed by atoms with Crippen LogP contribution < -0.4 is 9.64 Å². The molecule has 0 spiro atoms. The van der Waals surface area contributed by atoms with Crippen molar-refractivity contribution in [3.63, 3.8) is 0 Å². The Balaban J connectivity index is 1.64. The fraction of sp³-hybridized carbons (Fsp3) is 0.296. The number of thioether (sulfide) groups is 1. The molecule has 3 heterocycles. The number of aromatic nitrogens is 5. The number of carbonyl (C=O) groups excluding carboxylic acids is 1. The summed E-state index contributed by atoms with van der Waals surface area (Å²) in [5.74, 6) is 0.982. The third kappa shape index (κ3) is 4.93. The number of rotatable bonds is 7. The van der Waals surface area contributed by atoms with Crippen LogP contribution in [0.3, 0.4) is 0 Å². The first-order chi connectivity index (χ1) is 18.0.